The molecule has 0 bridgehead atoms. The lowest BCUT2D eigenvalue weighted by Crippen LogP contribution is -2.54. The minimum absolute atomic E-state index is 0.0554. The van der Waals surface area contributed by atoms with Gasteiger partial charge in [0.15, 0.2) is 0 Å². The molecule has 11 heteroatoms. The van der Waals surface area contributed by atoms with Crippen molar-refractivity contribution < 1.29 is 27.1 Å². The van der Waals surface area contributed by atoms with Gasteiger partial charge < -0.3 is 26.0 Å². The minimum Gasteiger partial charge on any atom is -0.383 e. The summed E-state index contributed by atoms with van der Waals surface area (Å²) in [7, 11) is 0. The van der Waals surface area contributed by atoms with Gasteiger partial charge in [0.05, 0.1) is 19.3 Å². The van der Waals surface area contributed by atoms with E-state index in [0.29, 0.717) is 26.2 Å². The topological polar surface area (TPSA) is 91.7 Å². The predicted molar refractivity (Wildman–Crippen MR) is 146 cm³/mol. The summed E-state index contributed by atoms with van der Waals surface area (Å²) in [6.07, 6.45) is -4.74. The number of anilines is 2. The van der Waals surface area contributed by atoms with Gasteiger partial charge in [-0.1, -0.05) is 30.3 Å². The van der Waals surface area contributed by atoms with Crippen LogP contribution >= 0.6 is 0 Å². The average molecular weight is 554 g/mol. The fourth-order valence-corrected chi connectivity index (χ4v) is 4.52. The summed E-state index contributed by atoms with van der Waals surface area (Å²) in [5, 5.41) is 8.42. The first-order valence-corrected chi connectivity index (χ1v) is 13.2. The van der Waals surface area contributed by atoms with Gasteiger partial charge in [-0.2, -0.15) is 13.2 Å². The fourth-order valence-electron chi connectivity index (χ4n) is 4.52. The summed E-state index contributed by atoms with van der Waals surface area (Å²) in [5.74, 6) is -0.714. The van der Waals surface area contributed by atoms with Crippen molar-refractivity contribution in [3.8, 4) is 0 Å². The molecule has 0 aliphatic carbocycles. The Kier molecular flexibility index (Phi) is 11.0. The molecule has 1 aliphatic rings. The zero-order chi connectivity index (χ0) is 28.5. The van der Waals surface area contributed by atoms with Crippen LogP contribution in [0.25, 0.3) is 0 Å². The van der Waals surface area contributed by atoms with Crippen LogP contribution in [0.5, 0.6) is 0 Å². The number of nitrogens with zero attached hydrogens (tertiary/aromatic N) is 1. The fraction of sp³-hybridized carbons (Fsp3) is 0.536. The third-order valence-electron chi connectivity index (χ3n) is 6.49. The van der Waals surface area contributed by atoms with Crippen molar-refractivity contribution in [3.63, 3.8) is 0 Å². The standard InChI is InChI=1S/C28H39F4N5O2/c1-27(2,29)18-24(36-25(28(30,31)32)20-6-4-3-5-7-20)26(38)35-22(12-13-33)19-34-21-8-10-23(11-9-21)37-14-16-39-17-15-37/h3-11,22,24-25,34,36H,12-19,33H2,1-2H3,(H,35,38)/t22-,24-,25-/m0/s1. The lowest BCUT2D eigenvalue weighted by atomic mass is 9.97. The molecule has 5 N–H and O–H groups in total. The molecule has 3 atom stereocenters. The molecular formula is C28H39F4N5O2. The number of carbonyl (C=O) groups excluding carboxylic acids is 1. The van der Waals surface area contributed by atoms with Crippen LogP contribution in [0.1, 0.15) is 38.3 Å². The number of nitrogens with one attached hydrogen (secondary N) is 3. The first-order chi connectivity index (χ1) is 18.5. The van der Waals surface area contributed by atoms with Gasteiger partial charge in [0.1, 0.15) is 11.7 Å². The van der Waals surface area contributed by atoms with Crippen molar-refractivity contribution in [1.82, 2.24) is 10.6 Å². The van der Waals surface area contributed by atoms with E-state index in [2.05, 4.69) is 20.9 Å². The largest absolute Gasteiger partial charge is 0.407 e. The van der Waals surface area contributed by atoms with E-state index in [1.54, 1.807) is 6.07 Å². The Balaban J connectivity index is 1.68. The molecule has 0 spiro atoms. The zero-order valence-electron chi connectivity index (χ0n) is 22.4. The average Bonchev–Trinajstić information content (AvgIpc) is 2.89. The monoisotopic (exact) mass is 553 g/mol. The molecule has 1 saturated heterocycles. The highest BCUT2D eigenvalue weighted by Crippen LogP contribution is 2.34. The summed E-state index contributed by atoms with van der Waals surface area (Å²) < 4.78 is 61.9. The maximum absolute atomic E-state index is 14.6. The number of nitrogens with two attached hydrogens (primary N) is 1. The molecule has 1 fully saturated rings. The molecule has 3 rings (SSSR count). The van der Waals surface area contributed by atoms with Crippen LogP contribution in [-0.4, -0.2) is 69.2 Å². The number of halogens is 4. The number of rotatable bonds is 13. The van der Waals surface area contributed by atoms with Crippen LogP contribution in [0, 0.1) is 0 Å². The number of hydrogen-bond acceptors (Lipinski definition) is 6. The second-order valence-electron chi connectivity index (χ2n) is 10.3. The van der Waals surface area contributed by atoms with Gasteiger partial charge in [-0.25, -0.2) is 4.39 Å². The van der Waals surface area contributed by atoms with Crippen LogP contribution in [0.2, 0.25) is 0 Å². The molecule has 1 aliphatic heterocycles. The summed E-state index contributed by atoms with van der Waals surface area (Å²) in [6, 6.07) is 11.0. The smallest absolute Gasteiger partial charge is 0.383 e. The van der Waals surface area contributed by atoms with Crippen LogP contribution in [0.15, 0.2) is 54.6 Å². The van der Waals surface area contributed by atoms with Gasteiger partial charge in [0.25, 0.3) is 0 Å². The quantitative estimate of drug-likeness (QED) is 0.279. The van der Waals surface area contributed by atoms with Gasteiger partial charge in [-0.3, -0.25) is 10.1 Å². The highest BCUT2D eigenvalue weighted by atomic mass is 19.4. The predicted octanol–water partition coefficient (Wildman–Crippen LogP) is 4.17. The number of ether oxygens (including phenoxy) is 1. The Morgan fingerprint density at radius 1 is 1.03 bits per heavy atom. The van der Waals surface area contributed by atoms with E-state index in [9.17, 15) is 22.4 Å². The van der Waals surface area contributed by atoms with E-state index >= 15 is 0 Å². The second-order valence-corrected chi connectivity index (χ2v) is 10.3. The van der Waals surface area contributed by atoms with Gasteiger partial charge in [-0.15, -0.1) is 0 Å². The lowest BCUT2D eigenvalue weighted by molar-refractivity contribution is -0.161. The Labute approximate surface area is 227 Å². The Bertz CT molecular complexity index is 1010. The van der Waals surface area contributed by atoms with E-state index in [1.165, 1.54) is 38.1 Å². The molecular weight excluding hydrogens is 514 g/mol. The Morgan fingerprint density at radius 3 is 2.23 bits per heavy atom. The van der Waals surface area contributed by atoms with Gasteiger partial charge in [-0.05, 0) is 56.6 Å². The molecule has 1 amide bonds. The maximum Gasteiger partial charge on any atom is 0.407 e. The molecule has 2 aromatic carbocycles. The van der Waals surface area contributed by atoms with E-state index in [4.69, 9.17) is 10.5 Å². The van der Waals surface area contributed by atoms with Crippen LogP contribution in [0.3, 0.4) is 0 Å². The maximum atomic E-state index is 14.6. The van der Waals surface area contributed by atoms with Crippen molar-refractivity contribution in [3.05, 3.63) is 60.2 Å². The second kappa shape index (κ2) is 14.0. The summed E-state index contributed by atoms with van der Waals surface area (Å²) in [5.41, 5.74) is 5.71. The highest BCUT2D eigenvalue weighted by molar-refractivity contribution is 5.82. The van der Waals surface area contributed by atoms with Crippen molar-refractivity contribution in [2.75, 3.05) is 49.6 Å². The zero-order valence-corrected chi connectivity index (χ0v) is 22.4. The Hall–Kier alpha value is -2.89. The first kappa shape index (κ1) is 30.6. The first-order valence-electron chi connectivity index (χ1n) is 13.2. The number of alkyl halides is 4. The van der Waals surface area contributed by atoms with Crippen molar-refractivity contribution in [1.29, 1.82) is 0 Å². The number of hydrogen-bond donors (Lipinski definition) is 4. The Morgan fingerprint density at radius 2 is 1.67 bits per heavy atom. The molecule has 0 saturated carbocycles. The molecule has 0 aromatic heterocycles. The molecule has 216 valence electrons. The van der Waals surface area contributed by atoms with E-state index < -0.39 is 42.3 Å². The van der Waals surface area contributed by atoms with Crippen LogP contribution in [-0.2, 0) is 9.53 Å². The van der Waals surface area contributed by atoms with E-state index in [0.717, 1.165) is 24.5 Å². The number of benzene rings is 2. The summed E-state index contributed by atoms with van der Waals surface area (Å²) in [4.78, 5) is 15.5. The highest BCUT2D eigenvalue weighted by Gasteiger charge is 2.43. The number of carbonyl (C=O) groups is 1. The third-order valence-corrected chi connectivity index (χ3v) is 6.49. The van der Waals surface area contributed by atoms with Crippen LogP contribution in [0.4, 0.5) is 28.9 Å². The molecule has 2 aromatic rings. The minimum atomic E-state index is -4.69. The molecule has 0 unspecified atom stereocenters. The summed E-state index contributed by atoms with van der Waals surface area (Å²) >= 11 is 0. The van der Waals surface area contributed by atoms with E-state index in [1.807, 2.05) is 24.3 Å². The molecule has 0 radical (unpaired) electrons. The molecule has 1 heterocycles. The van der Waals surface area contributed by atoms with Gasteiger partial charge in [0, 0.05) is 43.5 Å². The SMILES string of the molecule is CC(C)(F)C[C@H](N[C@@H](c1ccccc1)C(F)(F)F)C(=O)N[C@@H](CCN)CNc1ccc(N2CCOCC2)cc1. The van der Waals surface area contributed by atoms with Gasteiger partial charge >= 0.3 is 6.18 Å². The van der Waals surface area contributed by atoms with Crippen molar-refractivity contribution in [2.24, 2.45) is 5.73 Å². The van der Waals surface area contributed by atoms with Crippen molar-refractivity contribution >= 4 is 17.3 Å². The van der Waals surface area contributed by atoms with E-state index in [-0.39, 0.29) is 12.1 Å². The lowest BCUT2D eigenvalue weighted by Gasteiger charge is -2.31. The number of morpholine rings is 1. The molecule has 39 heavy (non-hydrogen) atoms. The summed E-state index contributed by atoms with van der Waals surface area (Å²) in [6.45, 7) is 6.04. The third kappa shape index (κ3) is 9.98. The number of amides is 1. The van der Waals surface area contributed by atoms with Crippen LogP contribution < -0.4 is 26.6 Å². The van der Waals surface area contributed by atoms with Crippen molar-refractivity contribution in [2.45, 2.75) is 56.7 Å². The normalized spacial score (nSPS) is 16.8. The molecule has 7 nitrogen and oxygen atoms in total. The van der Waals surface area contributed by atoms with Gasteiger partial charge in [0.2, 0.25) is 5.91 Å².